The van der Waals surface area contributed by atoms with Crippen molar-refractivity contribution >= 4 is 17.3 Å². The molecule has 0 radical (unpaired) electrons. The van der Waals surface area contributed by atoms with Gasteiger partial charge in [-0.25, -0.2) is 0 Å². The van der Waals surface area contributed by atoms with Crippen molar-refractivity contribution in [1.82, 2.24) is 4.90 Å². The highest BCUT2D eigenvalue weighted by atomic mass is 16.6. The third-order valence-corrected chi connectivity index (χ3v) is 4.25. The topological polar surface area (TPSA) is 111 Å². The van der Waals surface area contributed by atoms with Gasteiger partial charge in [-0.05, 0) is 44.0 Å². The van der Waals surface area contributed by atoms with Crippen LogP contribution in [0.1, 0.15) is 20.3 Å². The number of likely N-dealkylation sites (tertiary alicyclic amines) is 1. The third kappa shape index (κ3) is 4.42. The van der Waals surface area contributed by atoms with Crippen LogP contribution in [0.15, 0.2) is 18.2 Å². The number of rotatable bonds is 7. The Hall–Kier alpha value is -2.19. The summed E-state index contributed by atoms with van der Waals surface area (Å²) in [5.74, 6) is 0.129. The lowest BCUT2D eigenvalue weighted by Gasteiger charge is -2.22. The van der Waals surface area contributed by atoms with Crippen LogP contribution in [-0.4, -0.2) is 48.5 Å². The quantitative estimate of drug-likeness (QED) is 0.578. The van der Waals surface area contributed by atoms with Gasteiger partial charge >= 0.3 is 0 Å². The van der Waals surface area contributed by atoms with Crippen LogP contribution in [0.2, 0.25) is 0 Å². The lowest BCUT2D eigenvalue weighted by Crippen LogP contribution is -2.35. The van der Waals surface area contributed by atoms with Crippen molar-refractivity contribution in [2.75, 3.05) is 38.1 Å². The van der Waals surface area contributed by atoms with Gasteiger partial charge in [-0.1, -0.05) is 6.92 Å². The molecule has 3 N–H and O–H groups in total. The first-order chi connectivity index (χ1) is 11.4. The second-order valence-corrected chi connectivity index (χ2v) is 6.39. The molecule has 8 heteroatoms. The Morgan fingerprint density at radius 1 is 1.54 bits per heavy atom. The van der Waals surface area contributed by atoms with Crippen molar-refractivity contribution in [3.8, 4) is 5.75 Å². The van der Waals surface area contributed by atoms with Gasteiger partial charge in [0, 0.05) is 6.54 Å². The number of nitro groups is 1. The van der Waals surface area contributed by atoms with E-state index in [1.807, 2.05) is 4.90 Å². The molecule has 24 heavy (non-hydrogen) atoms. The van der Waals surface area contributed by atoms with Gasteiger partial charge in [0.05, 0.1) is 24.1 Å². The van der Waals surface area contributed by atoms with Gasteiger partial charge in [-0.2, -0.15) is 0 Å². The molecular formula is C16H24N4O4. The van der Waals surface area contributed by atoms with Crippen molar-refractivity contribution in [2.45, 2.75) is 20.3 Å². The van der Waals surface area contributed by atoms with E-state index in [9.17, 15) is 14.9 Å². The third-order valence-electron chi connectivity index (χ3n) is 4.25. The van der Waals surface area contributed by atoms with Crippen molar-refractivity contribution < 1.29 is 14.5 Å². The fourth-order valence-corrected chi connectivity index (χ4v) is 2.85. The first kappa shape index (κ1) is 18.2. The number of hydrogen-bond donors (Lipinski definition) is 2. The zero-order valence-electron chi connectivity index (χ0n) is 14.1. The number of ether oxygens (including phenoxy) is 1. The van der Waals surface area contributed by atoms with Crippen LogP contribution in [0.5, 0.6) is 5.75 Å². The Kier molecular flexibility index (Phi) is 5.74. The lowest BCUT2D eigenvalue weighted by atomic mass is 9.90. The fraction of sp³-hybridized carbons (Fsp3) is 0.562. The molecule has 1 aliphatic heterocycles. The second kappa shape index (κ2) is 7.59. The summed E-state index contributed by atoms with van der Waals surface area (Å²) in [5, 5.41) is 13.8. The van der Waals surface area contributed by atoms with Gasteiger partial charge < -0.3 is 15.8 Å². The van der Waals surface area contributed by atoms with Gasteiger partial charge in [-0.3, -0.25) is 19.8 Å². The maximum Gasteiger partial charge on any atom is 0.296 e. The number of nitro benzene ring substituents is 1. The van der Waals surface area contributed by atoms with Crippen molar-refractivity contribution in [3.63, 3.8) is 0 Å². The predicted molar refractivity (Wildman–Crippen MR) is 91.1 cm³/mol. The van der Waals surface area contributed by atoms with E-state index in [-0.39, 0.29) is 29.2 Å². The summed E-state index contributed by atoms with van der Waals surface area (Å²) in [6.45, 7) is 6.64. The molecule has 8 nitrogen and oxygen atoms in total. The van der Waals surface area contributed by atoms with Gasteiger partial charge in [0.25, 0.3) is 5.69 Å². The molecule has 1 fully saturated rings. The molecule has 0 bridgehead atoms. The van der Waals surface area contributed by atoms with Crippen LogP contribution in [-0.2, 0) is 4.79 Å². The van der Waals surface area contributed by atoms with Crippen molar-refractivity contribution in [1.29, 1.82) is 0 Å². The highest BCUT2D eigenvalue weighted by Crippen LogP contribution is 2.30. The van der Waals surface area contributed by atoms with Crippen LogP contribution in [0, 0.1) is 15.5 Å². The van der Waals surface area contributed by atoms with Gasteiger partial charge in [0.2, 0.25) is 5.91 Å². The number of benzene rings is 1. The number of carbonyl (C=O) groups excluding carboxylic acids is 1. The number of carbonyl (C=O) groups is 1. The molecule has 1 aliphatic rings. The van der Waals surface area contributed by atoms with Crippen LogP contribution in [0.3, 0.4) is 0 Å². The Bertz CT molecular complexity index is 622. The molecule has 1 unspecified atom stereocenters. The first-order valence-electron chi connectivity index (χ1n) is 8.00. The lowest BCUT2D eigenvalue weighted by molar-refractivity contribution is -0.384. The largest absolute Gasteiger partial charge is 0.494 e. The molecule has 1 atom stereocenters. The molecule has 1 saturated heterocycles. The van der Waals surface area contributed by atoms with Gasteiger partial charge in [0.1, 0.15) is 11.4 Å². The van der Waals surface area contributed by atoms with Gasteiger partial charge in [-0.15, -0.1) is 0 Å². The van der Waals surface area contributed by atoms with Gasteiger partial charge in [0.15, 0.2) is 0 Å². The van der Waals surface area contributed by atoms with Crippen molar-refractivity contribution in [2.24, 2.45) is 11.1 Å². The summed E-state index contributed by atoms with van der Waals surface area (Å²) in [6.07, 6.45) is 0.944. The summed E-state index contributed by atoms with van der Waals surface area (Å²) in [5.41, 5.74) is 5.79. The van der Waals surface area contributed by atoms with E-state index in [1.165, 1.54) is 12.1 Å². The molecule has 0 aliphatic carbocycles. The standard InChI is InChI=1S/C16H24N4O4/c1-3-24-12-4-5-13(14(8-12)20(22)23)18-15(21)9-19-7-6-16(2,10-17)11-19/h4-5,8H,3,6-7,9-11,17H2,1-2H3,(H,18,21). The number of hydrogen-bond acceptors (Lipinski definition) is 6. The molecular weight excluding hydrogens is 312 g/mol. The van der Waals surface area contributed by atoms with Crippen LogP contribution in [0.25, 0.3) is 0 Å². The minimum Gasteiger partial charge on any atom is -0.494 e. The number of anilines is 1. The average molecular weight is 336 g/mol. The van der Waals surface area contributed by atoms with E-state index >= 15 is 0 Å². The van der Waals surface area contributed by atoms with E-state index in [2.05, 4.69) is 12.2 Å². The van der Waals surface area contributed by atoms with E-state index in [4.69, 9.17) is 10.5 Å². The Balaban J connectivity index is 2.02. The minimum absolute atomic E-state index is 0.0332. The summed E-state index contributed by atoms with van der Waals surface area (Å²) in [7, 11) is 0. The molecule has 1 amide bonds. The molecule has 0 saturated carbocycles. The second-order valence-electron chi connectivity index (χ2n) is 6.39. The van der Waals surface area contributed by atoms with Crippen LogP contribution >= 0.6 is 0 Å². The molecule has 0 aromatic heterocycles. The summed E-state index contributed by atoms with van der Waals surface area (Å²) < 4.78 is 5.26. The Morgan fingerprint density at radius 2 is 2.29 bits per heavy atom. The monoisotopic (exact) mass is 336 g/mol. The molecule has 1 heterocycles. The molecule has 2 rings (SSSR count). The number of nitrogens with one attached hydrogen (secondary N) is 1. The van der Waals surface area contributed by atoms with Crippen LogP contribution in [0.4, 0.5) is 11.4 Å². The summed E-state index contributed by atoms with van der Waals surface area (Å²) >= 11 is 0. The summed E-state index contributed by atoms with van der Waals surface area (Å²) in [4.78, 5) is 24.9. The zero-order valence-corrected chi connectivity index (χ0v) is 14.1. The molecule has 132 valence electrons. The highest BCUT2D eigenvalue weighted by Gasteiger charge is 2.33. The average Bonchev–Trinajstić information content (AvgIpc) is 2.90. The van der Waals surface area contributed by atoms with E-state index < -0.39 is 4.92 Å². The first-order valence-corrected chi connectivity index (χ1v) is 8.00. The maximum atomic E-state index is 12.2. The highest BCUT2D eigenvalue weighted by molar-refractivity contribution is 5.94. The predicted octanol–water partition coefficient (Wildman–Crippen LogP) is 1.60. The Morgan fingerprint density at radius 3 is 2.88 bits per heavy atom. The van der Waals surface area contributed by atoms with Crippen LogP contribution < -0.4 is 15.8 Å². The van der Waals surface area contributed by atoms with E-state index in [1.54, 1.807) is 13.0 Å². The normalized spacial score (nSPS) is 20.8. The molecule has 1 aromatic carbocycles. The number of nitrogens with zero attached hydrogens (tertiary/aromatic N) is 2. The van der Waals surface area contributed by atoms with E-state index in [0.717, 1.165) is 19.5 Å². The molecule has 0 spiro atoms. The minimum atomic E-state index is -0.528. The Labute approximate surface area is 141 Å². The number of nitrogens with two attached hydrogens (primary N) is 1. The smallest absolute Gasteiger partial charge is 0.296 e. The summed E-state index contributed by atoms with van der Waals surface area (Å²) in [6, 6.07) is 4.42. The number of amides is 1. The SMILES string of the molecule is CCOc1ccc(NC(=O)CN2CCC(C)(CN)C2)c([N+](=O)[O-])c1. The maximum absolute atomic E-state index is 12.2. The fourth-order valence-electron chi connectivity index (χ4n) is 2.85. The zero-order chi connectivity index (χ0) is 17.7. The van der Waals surface area contributed by atoms with Crippen molar-refractivity contribution in [3.05, 3.63) is 28.3 Å². The molecule has 1 aromatic rings. The van der Waals surface area contributed by atoms with E-state index in [0.29, 0.717) is 18.9 Å².